The number of aliphatic hydroxyl groups excluding tert-OH is 1. The van der Waals surface area contributed by atoms with E-state index < -0.39 is 18.0 Å². The van der Waals surface area contributed by atoms with E-state index in [4.69, 9.17) is 4.74 Å². The summed E-state index contributed by atoms with van der Waals surface area (Å²) >= 11 is 0. The summed E-state index contributed by atoms with van der Waals surface area (Å²) < 4.78 is 20.6. The van der Waals surface area contributed by atoms with Crippen molar-refractivity contribution in [2.24, 2.45) is 5.92 Å². The first-order valence-electron chi connectivity index (χ1n) is 11.6. The largest absolute Gasteiger partial charge is 0.472 e. The molecule has 184 valence electrons. The molecule has 0 fully saturated rings. The molecule has 0 unspecified atom stereocenters. The Morgan fingerprint density at radius 2 is 2.12 bits per heavy atom. The number of ether oxygens (including phenoxy) is 1. The summed E-state index contributed by atoms with van der Waals surface area (Å²) in [4.78, 5) is 33.4. The molecule has 0 bridgehead atoms. The van der Waals surface area contributed by atoms with Crippen LogP contribution in [0.3, 0.4) is 0 Å². The molecule has 1 aromatic carbocycles. The van der Waals surface area contributed by atoms with Gasteiger partial charge in [-0.2, -0.15) is 0 Å². The second-order valence-electron chi connectivity index (χ2n) is 8.79. The smallest absolute Gasteiger partial charge is 0.317 e. The van der Waals surface area contributed by atoms with Crippen LogP contribution in [0.1, 0.15) is 37.6 Å². The third kappa shape index (κ3) is 5.64. The Morgan fingerprint density at radius 1 is 1.38 bits per heavy atom. The van der Waals surface area contributed by atoms with Gasteiger partial charge >= 0.3 is 6.03 Å². The molecule has 2 aromatic rings. The van der Waals surface area contributed by atoms with E-state index in [1.54, 1.807) is 48.0 Å². The number of benzene rings is 1. The number of hydrogen-bond acceptors (Lipinski definition) is 5. The Balaban J connectivity index is 1.99. The van der Waals surface area contributed by atoms with Gasteiger partial charge in [-0.3, -0.25) is 4.79 Å². The predicted molar refractivity (Wildman–Crippen MR) is 127 cm³/mol. The van der Waals surface area contributed by atoms with Crippen molar-refractivity contribution in [3.63, 3.8) is 0 Å². The van der Waals surface area contributed by atoms with Crippen molar-refractivity contribution >= 4 is 11.9 Å². The van der Waals surface area contributed by atoms with Gasteiger partial charge in [0.1, 0.15) is 17.5 Å². The fourth-order valence-corrected chi connectivity index (χ4v) is 3.88. The summed E-state index contributed by atoms with van der Waals surface area (Å²) in [5.74, 6) is -0.795. The van der Waals surface area contributed by atoms with Gasteiger partial charge in [-0.25, -0.2) is 14.2 Å². The number of carbonyl (C=O) groups is 2. The number of urea groups is 1. The van der Waals surface area contributed by atoms with Gasteiger partial charge in [-0.1, -0.05) is 32.0 Å². The summed E-state index contributed by atoms with van der Waals surface area (Å²) in [6.45, 7) is 6.64. The van der Waals surface area contributed by atoms with Crippen LogP contribution in [0, 0.1) is 11.7 Å². The van der Waals surface area contributed by atoms with E-state index in [-0.39, 0.29) is 42.5 Å². The van der Waals surface area contributed by atoms with Gasteiger partial charge in [0.05, 0.1) is 19.2 Å². The second-order valence-corrected chi connectivity index (χ2v) is 8.79. The third-order valence-electron chi connectivity index (χ3n) is 6.03. The predicted octanol–water partition coefficient (Wildman–Crippen LogP) is 3.16. The maximum Gasteiger partial charge on any atom is 0.317 e. The Hall–Kier alpha value is -3.20. The number of aromatic nitrogens is 1. The molecule has 8 nitrogen and oxygen atoms in total. The van der Waals surface area contributed by atoms with Gasteiger partial charge in [0.15, 0.2) is 0 Å². The van der Waals surface area contributed by atoms with E-state index in [2.05, 4.69) is 10.3 Å². The molecule has 1 aliphatic heterocycles. The summed E-state index contributed by atoms with van der Waals surface area (Å²) in [6.07, 6.45) is 1.85. The fraction of sp³-hybridized carbons (Fsp3) is 0.480. The summed E-state index contributed by atoms with van der Waals surface area (Å²) in [5, 5.41) is 12.6. The lowest BCUT2D eigenvalue weighted by Crippen LogP contribution is -2.51. The molecule has 3 amide bonds. The number of pyridine rings is 1. The van der Waals surface area contributed by atoms with Crippen molar-refractivity contribution in [2.45, 2.75) is 39.3 Å². The monoisotopic (exact) mass is 472 g/mol. The number of carbonyl (C=O) groups excluding carboxylic acids is 2. The average molecular weight is 473 g/mol. The molecule has 2 N–H and O–H groups in total. The molecule has 0 saturated carbocycles. The number of rotatable bonds is 7. The molecule has 1 aliphatic rings. The molecule has 2 heterocycles. The first-order valence-corrected chi connectivity index (χ1v) is 11.6. The molecule has 0 radical (unpaired) electrons. The second kappa shape index (κ2) is 11.3. The molecular formula is C25H33FN4O4. The molecule has 1 aromatic heterocycles. The van der Waals surface area contributed by atoms with Crippen molar-refractivity contribution in [3.05, 3.63) is 47.9 Å². The zero-order valence-corrected chi connectivity index (χ0v) is 20.1. The van der Waals surface area contributed by atoms with Crippen LogP contribution in [-0.2, 0) is 0 Å². The van der Waals surface area contributed by atoms with Gasteiger partial charge < -0.3 is 25.0 Å². The third-order valence-corrected chi connectivity index (χ3v) is 6.03. The molecule has 34 heavy (non-hydrogen) atoms. The topological polar surface area (TPSA) is 95.0 Å². The minimum atomic E-state index is -0.454. The molecular weight excluding hydrogens is 439 g/mol. The number of aliphatic hydroxyl groups is 1. The molecule has 0 spiro atoms. The quantitative estimate of drug-likeness (QED) is 0.646. The number of nitrogens with zero attached hydrogens (tertiary/aromatic N) is 3. The first-order chi connectivity index (χ1) is 16.3. The zero-order valence-electron chi connectivity index (χ0n) is 20.1. The van der Waals surface area contributed by atoms with Gasteiger partial charge in [0.25, 0.3) is 5.91 Å². The Bertz CT molecular complexity index is 1020. The maximum absolute atomic E-state index is 14.4. The highest BCUT2D eigenvalue weighted by Gasteiger charge is 2.34. The minimum Gasteiger partial charge on any atom is -0.472 e. The Kier molecular flexibility index (Phi) is 8.44. The van der Waals surface area contributed by atoms with Crippen LogP contribution in [0.5, 0.6) is 5.88 Å². The van der Waals surface area contributed by atoms with Crippen LogP contribution in [0.4, 0.5) is 9.18 Å². The van der Waals surface area contributed by atoms with Gasteiger partial charge in [-0.15, -0.1) is 0 Å². The van der Waals surface area contributed by atoms with Crippen LogP contribution < -0.4 is 10.1 Å². The lowest BCUT2D eigenvalue weighted by atomic mass is 9.99. The highest BCUT2D eigenvalue weighted by molar-refractivity contribution is 5.98. The molecule has 0 saturated heterocycles. The van der Waals surface area contributed by atoms with E-state index in [9.17, 15) is 19.1 Å². The van der Waals surface area contributed by atoms with Crippen molar-refractivity contribution in [2.75, 3.05) is 33.3 Å². The number of hydrogen-bond donors (Lipinski definition) is 2. The van der Waals surface area contributed by atoms with Gasteiger partial charge in [-0.05, 0) is 25.5 Å². The van der Waals surface area contributed by atoms with Crippen molar-refractivity contribution in [1.82, 2.24) is 20.1 Å². The highest BCUT2D eigenvalue weighted by Crippen LogP contribution is 2.31. The summed E-state index contributed by atoms with van der Waals surface area (Å²) in [5.41, 5.74) is 0.967. The molecule has 0 aliphatic carbocycles. The lowest BCUT2D eigenvalue weighted by Gasteiger charge is -2.37. The SMILES string of the molecule is CCCNC(=O)N(C)C[C@@H]1Oc2ncc(-c3ccccc3F)cc2C(=O)N([C@@H](C)CO)C[C@H]1C. The highest BCUT2D eigenvalue weighted by atomic mass is 19.1. The van der Waals surface area contributed by atoms with Crippen LogP contribution in [0.2, 0.25) is 0 Å². The Morgan fingerprint density at radius 3 is 2.79 bits per heavy atom. The van der Waals surface area contributed by atoms with Gasteiger partial charge in [0.2, 0.25) is 5.88 Å². The van der Waals surface area contributed by atoms with E-state index in [0.29, 0.717) is 24.2 Å². The zero-order chi connectivity index (χ0) is 24.8. The number of nitrogens with one attached hydrogen (secondary N) is 1. The number of amides is 3. The summed E-state index contributed by atoms with van der Waals surface area (Å²) in [6, 6.07) is 7.20. The standard InChI is InChI=1S/C25H33FN4O4/c1-5-10-27-25(33)29(4)14-22-16(2)13-30(17(3)15-31)24(32)20-11-18(12-28-23(20)34-22)19-8-6-7-9-21(19)26/h6-9,11-12,16-17,22,31H,5,10,13-15H2,1-4H3,(H,27,33)/t16-,17+,22+/m1/s1. The van der Waals surface area contributed by atoms with E-state index in [0.717, 1.165) is 6.42 Å². The van der Waals surface area contributed by atoms with Gasteiger partial charge in [0, 0.05) is 43.4 Å². The molecule has 3 atom stereocenters. The van der Waals surface area contributed by atoms with E-state index >= 15 is 0 Å². The molecule has 9 heteroatoms. The van der Waals surface area contributed by atoms with Crippen LogP contribution in [0.25, 0.3) is 11.1 Å². The number of halogens is 1. The lowest BCUT2D eigenvalue weighted by molar-refractivity contribution is 0.0352. The van der Waals surface area contributed by atoms with Crippen molar-refractivity contribution in [1.29, 1.82) is 0 Å². The van der Waals surface area contributed by atoms with Crippen LogP contribution in [-0.4, -0.2) is 77.3 Å². The van der Waals surface area contributed by atoms with Crippen LogP contribution in [0.15, 0.2) is 36.5 Å². The number of fused-ring (bicyclic) bond motifs is 1. The minimum absolute atomic E-state index is 0.124. The van der Waals surface area contributed by atoms with E-state index in [1.165, 1.54) is 12.3 Å². The Labute approximate surface area is 199 Å². The van der Waals surface area contributed by atoms with Crippen molar-refractivity contribution < 1.29 is 23.8 Å². The normalized spacial score (nSPS) is 18.9. The average Bonchev–Trinajstić information content (AvgIpc) is 2.84. The van der Waals surface area contributed by atoms with E-state index in [1.807, 2.05) is 13.8 Å². The number of likely N-dealkylation sites (N-methyl/N-ethyl adjacent to an activating group) is 1. The van der Waals surface area contributed by atoms with Crippen LogP contribution >= 0.6 is 0 Å². The van der Waals surface area contributed by atoms with Crippen molar-refractivity contribution in [3.8, 4) is 17.0 Å². The maximum atomic E-state index is 14.4. The fourth-order valence-electron chi connectivity index (χ4n) is 3.88. The summed E-state index contributed by atoms with van der Waals surface area (Å²) in [7, 11) is 1.69. The first kappa shape index (κ1) is 25.4. The molecule has 3 rings (SSSR count).